The van der Waals surface area contributed by atoms with E-state index in [1.54, 1.807) is 0 Å². The third kappa shape index (κ3) is 2.82. The fourth-order valence-corrected chi connectivity index (χ4v) is 2.90. The van der Waals surface area contributed by atoms with E-state index in [-0.39, 0.29) is 18.2 Å². The van der Waals surface area contributed by atoms with E-state index < -0.39 is 0 Å². The Morgan fingerprint density at radius 3 is 2.71 bits per heavy atom. The lowest BCUT2D eigenvalue weighted by Crippen LogP contribution is -2.37. The average Bonchev–Trinajstić information content (AvgIpc) is 2.59. The maximum Gasteiger partial charge on any atom is 0.410 e. The van der Waals surface area contributed by atoms with Crippen LogP contribution in [0.15, 0.2) is 12.2 Å². The molecule has 0 aromatic rings. The van der Waals surface area contributed by atoms with Gasteiger partial charge < -0.3 is 9.64 Å². The second kappa shape index (κ2) is 5.56. The Balaban J connectivity index is 1.93. The lowest BCUT2D eigenvalue weighted by atomic mass is 9.88. The molecule has 2 fully saturated rings. The number of cyclic esters (lactones) is 1. The minimum absolute atomic E-state index is 0.0592. The fraction of sp³-hybridized carbons (Fsp3) is 0.786. The van der Waals surface area contributed by atoms with Gasteiger partial charge in [0.1, 0.15) is 6.10 Å². The summed E-state index contributed by atoms with van der Waals surface area (Å²) in [6.45, 7) is 4.93. The molecule has 1 saturated heterocycles. The molecule has 0 N–H and O–H groups in total. The summed E-state index contributed by atoms with van der Waals surface area (Å²) in [5.74, 6) is 0.683. The van der Waals surface area contributed by atoms with Crippen molar-refractivity contribution in [3.8, 4) is 0 Å². The maximum absolute atomic E-state index is 11.8. The molecule has 0 aromatic carbocycles. The van der Waals surface area contributed by atoms with Crippen LogP contribution >= 0.6 is 0 Å². The van der Waals surface area contributed by atoms with E-state index in [1.807, 2.05) is 24.0 Å². The first-order chi connectivity index (χ1) is 8.22. The van der Waals surface area contributed by atoms with Gasteiger partial charge in [-0.2, -0.15) is 0 Å². The Morgan fingerprint density at radius 2 is 2.06 bits per heavy atom. The molecule has 96 valence electrons. The molecule has 0 bridgehead atoms. The quantitative estimate of drug-likeness (QED) is 0.704. The van der Waals surface area contributed by atoms with E-state index in [0.29, 0.717) is 5.92 Å². The van der Waals surface area contributed by atoms with Gasteiger partial charge in [-0.1, -0.05) is 25.3 Å². The Bertz CT molecular complexity index is 295. The largest absolute Gasteiger partial charge is 0.440 e. The average molecular weight is 237 g/mol. The molecule has 17 heavy (non-hydrogen) atoms. The van der Waals surface area contributed by atoms with Crippen LogP contribution in [0.2, 0.25) is 0 Å². The lowest BCUT2D eigenvalue weighted by molar-refractivity contribution is 0.140. The first-order valence-corrected chi connectivity index (χ1v) is 6.82. The molecule has 1 heterocycles. The second-order valence-electron chi connectivity index (χ2n) is 5.27. The minimum atomic E-state index is -0.133. The summed E-state index contributed by atoms with van der Waals surface area (Å²) in [6, 6.07) is 0.181. The predicted octanol–water partition coefficient (Wildman–Crippen LogP) is 3.35. The number of nitrogens with zero attached hydrogens (tertiary/aromatic N) is 1. The van der Waals surface area contributed by atoms with Crippen LogP contribution in [0.4, 0.5) is 4.79 Å². The highest BCUT2D eigenvalue weighted by Gasteiger charge is 2.38. The van der Waals surface area contributed by atoms with Crippen molar-refractivity contribution >= 4 is 6.09 Å². The molecule has 2 atom stereocenters. The molecular weight excluding hydrogens is 214 g/mol. The third-order valence-electron chi connectivity index (χ3n) is 4.00. The number of rotatable bonds is 3. The first-order valence-electron chi connectivity index (χ1n) is 6.82. The van der Waals surface area contributed by atoms with Gasteiger partial charge >= 0.3 is 6.09 Å². The van der Waals surface area contributed by atoms with E-state index in [0.717, 1.165) is 6.54 Å². The van der Waals surface area contributed by atoms with Crippen molar-refractivity contribution in [1.82, 2.24) is 4.90 Å². The summed E-state index contributed by atoms with van der Waals surface area (Å²) in [7, 11) is 0. The van der Waals surface area contributed by atoms with Crippen LogP contribution in [0.25, 0.3) is 0 Å². The third-order valence-corrected chi connectivity index (χ3v) is 4.00. The molecule has 2 aliphatic rings. The molecule has 1 aliphatic carbocycles. The summed E-state index contributed by atoms with van der Waals surface area (Å²) in [6.07, 6.45) is 10.3. The van der Waals surface area contributed by atoms with Crippen molar-refractivity contribution in [2.75, 3.05) is 6.54 Å². The van der Waals surface area contributed by atoms with Crippen molar-refractivity contribution < 1.29 is 9.53 Å². The molecule has 3 nitrogen and oxygen atoms in total. The highest BCUT2D eigenvalue weighted by molar-refractivity contribution is 5.71. The van der Waals surface area contributed by atoms with E-state index in [4.69, 9.17) is 4.74 Å². The van der Waals surface area contributed by atoms with Crippen LogP contribution in [0.1, 0.15) is 46.0 Å². The van der Waals surface area contributed by atoms with Gasteiger partial charge in [0.2, 0.25) is 0 Å². The zero-order chi connectivity index (χ0) is 12.3. The number of carbonyl (C=O) groups is 1. The van der Waals surface area contributed by atoms with Crippen molar-refractivity contribution in [3.63, 3.8) is 0 Å². The van der Waals surface area contributed by atoms with Gasteiger partial charge in [0.15, 0.2) is 0 Å². The van der Waals surface area contributed by atoms with Gasteiger partial charge in [0, 0.05) is 6.54 Å². The van der Waals surface area contributed by atoms with Gasteiger partial charge in [0.25, 0.3) is 0 Å². The van der Waals surface area contributed by atoms with Gasteiger partial charge in [-0.15, -0.1) is 0 Å². The van der Waals surface area contributed by atoms with Crippen LogP contribution in [0, 0.1) is 5.92 Å². The number of hydrogen-bond donors (Lipinski definition) is 0. The summed E-state index contributed by atoms with van der Waals surface area (Å²) >= 11 is 0. The highest BCUT2D eigenvalue weighted by Crippen LogP contribution is 2.28. The molecular formula is C14H23NO2. The van der Waals surface area contributed by atoms with E-state index in [1.165, 1.54) is 32.1 Å². The summed E-state index contributed by atoms with van der Waals surface area (Å²) < 4.78 is 5.37. The normalized spacial score (nSPS) is 31.2. The zero-order valence-electron chi connectivity index (χ0n) is 10.9. The van der Waals surface area contributed by atoms with Crippen molar-refractivity contribution in [2.24, 2.45) is 5.92 Å². The number of ether oxygens (including phenoxy) is 1. The molecule has 0 radical (unpaired) electrons. The van der Waals surface area contributed by atoms with Gasteiger partial charge in [0.05, 0.1) is 6.04 Å². The molecule has 0 spiro atoms. The Morgan fingerprint density at radius 1 is 1.35 bits per heavy atom. The van der Waals surface area contributed by atoms with Crippen molar-refractivity contribution in [1.29, 1.82) is 0 Å². The topological polar surface area (TPSA) is 29.5 Å². The van der Waals surface area contributed by atoms with Gasteiger partial charge in [-0.25, -0.2) is 4.79 Å². The lowest BCUT2D eigenvalue weighted by Gasteiger charge is -2.28. The van der Waals surface area contributed by atoms with Crippen LogP contribution < -0.4 is 0 Å². The Kier molecular flexibility index (Phi) is 4.08. The van der Waals surface area contributed by atoms with Gasteiger partial charge in [-0.3, -0.25) is 0 Å². The van der Waals surface area contributed by atoms with E-state index >= 15 is 0 Å². The minimum Gasteiger partial charge on any atom is -0.440 e. The molecule has 0 unspecified atom stereocenters. The maximum atomic E-state index is 11.8. The number of hydrogen-bond acceptors (Lipinski definition) is 2. The predicted molar refractivity (Wildman–Crippen MR) is 67.8 cm³/mol. The SMILES string of the molecule is C/C=C\[C@H]1OC(=O)N(CC2CCCCC2)[C@@H]1C. The van der Waals surface area contributed by atoms with Crippen LogP contribution in [-0.4, -0.2) is 29.7 Å². The monoisotopic (exact) mass is 237 g/mol. The number of allylic oxidation sites excluding steroid dienone is 1. The molecule has 1 aliphatic heterocycles. The fourth-order valence-electron chi connectivity index (χ4n) is 2.90. The molecule has 1 saturated carbocycles. The smallest absolute Gasteiger partial charge is 0.410 e. The molecule has 3 heteroatoms. The van der Waals surface area contributed by atoms with Crippen LogP contribution in [0.5, 0.6) is 0 Å². The standard InChI is InChI=1S/C14H23NO2/c1-3-7-13-11(2)15(14(16)17-13)10-12-8-5-4-6-9-12/h3,7,11-13H,4-6,8-10H2,1-2H3/b7-3-/t11-,13-/m1/s1. The molecule has 2 rings (SSSR count). The highest BCUT2D eigenvalue weighted by atomic mass is 16.6. The molecule has 0 aromatic heterocycles. The summed E-state index contributed by atoms with van der Waals surface area (Å²) in [5.41, 5.74) is 0. The molecule has 1 amide bonds. The van der Waals surface area contributed by atoms with E-state index in [2.05, 4.69) is 6.92 Å². The van der Waals surface area contributed by atoms with Crippen molar-refractivity contribution in [3.05, 3.63) is 12.2 Å². The Labute approximate surface area is 104 Å². The Hall–Kier alpha value is -0.990. The summed E-state index contributed by atoms with van der Waals surface area (Å²) in [4.78, 5) is 13.7. The number of amides is 1. The number of carbonyl (C=O) groups excluding carboxylic acids is 1. The van der Waals surface area contributed by atoms with Crippen LogP contribution in [-0.2, 0) is 4.74 Å². The zero-order valence-corrected chi connectivity index (χ0v) is 10.9. The van der Waals surface area contributed by atoms with E-state index in [9.17, 15) is 4.79 Å². The second-order valence-corrected chi connectivity index (χ2v) is 5.27. The van der Waals surface area contributed by atoms with Crippen LogP contribution in [0.3, 0.4) is 0 Å². The first kappa shape index (κ1) is 12.5. The van der Waals surface area contributed by atoms with Crippen molar-refractivity contribution in [2.45, 2.75) is 58.1 Å². The van der Waals surface area contributed by atoms with Gasteiger partial charge in [-0.05, 0) is 38.7 Å². The summed E-state index contributed by atoms with van der Waals surface area (Å²) in [5, 5.41) is 0.